The second kappa shape index (κ2) is 6.80. The van der Waals surface area contributed by atoms with Gasteiger partial charge in [-0.3, -0.25) is 4.79 Å². The van der Waals surface area contributed by atoms with Crippen LogP contribution < -0.4 is 5.32 Å². The smallest absolute Gasteiger partial charge is 0.226 e. The largest absolute Gasteiger partial charge is 0.340 e. The average Bonchev–Trinajstić information content (AvgIpc) is 2.90. The number of amides is 1. The number of carbonyl (C=O) groups is 1. The van der Waals surface area contributed by atoms with Gasteiger partial charge in [-0.25, -0.2) is 0 Å². The average molecular weight is 270 g/mol. The van der Waals surface area contributed by atoms with E-state index in [9.17, 15) is 4.79 Å². The van der Waals surface area contributed by atoms with Gasteiger partial charge in [0.05, 0.1) is 0 Å². The Morgan fingerprint density at radius 1 is 1.33 bits per heavy atom. The molecule has 0 aromatic rings. The predicted molar refractivity (Wildman–Crippen MR) is 77.9 cm³/mol. The predicted octanol–water partition coefficient (Wildman–Crippen LogP) is 1.98. The molecule has 0 radical (unpaired) electrons. The highest BCUT2D eigenvalue weighted by Crippen LogP contribution is 2.27. The van der Waals surface area contributed by atoms with Crippen LogP contribution in [0.1, 0.15) is 33.1 Å². The Bertz CT molecular complexity index is 271. The van der Waals surface area contributed by atoms with Crippen molar-refractivity contribution >= 4 is 17.7 Å². The highest BCUT2D eigenvalue weighted by Gasteiger charge is 2.30. The summed E-state index contributed by atoms with van der Waals surface area (Å²) in [6, 6.07) is 0.345. The molecule has 3 nitrogen and oxygen atoms in total. The Balaban J connectivity index is 1.91. The van der Waals surface area contributed by atoms with Gasteiger partial charge < -0.3 is 10.2 Å². The maximum Gasteiger partial charge on any atom is 0.226 e. The number of hydrogen-bond donors (Lipinski definition) is 1. The molecule has 2 heterocycles. The van der Waals surface area contributed by atoms with Crippen LogP contribution in [0.3, 0.4) is 0 Å². The van der Waals surface area contributed by atoms with Crippen LogP contribution in [-0.2, 0) is 4.79 Å². The van der Waals surface area contributed by atoms with E-state index < -0.39 is 0 Å². The van der Waals surface area contributed by atoms with Crippen molar-refractivity contribution in [2.75, 3.05) is 31.1 Å². The van der Waals surface area contributed by atoms with E-state index in [2.05, 4.69) is 24.1 Å². The molecule has 4 heteroatoms. The zero-order valence-corrected chi connectivity index (χ0v) is 12.5. The van der Waals surface area contributed by atoms with Crippen LogP contribution in [-0.4, -0.2) is 48.0 Å². The van der Waals surface area contributed by atoms with Gasteiger partial charge in [-0.05, 0) is 57.9 Å². The van der Waals surface area contributed by atoms with E-state index in [-0.39, 0.29) is 0 Å². The standard InChI is InChI=1S/C14H26N2OS/c1-11(2)16(9-12-3-6-15-7-4-12)14(17)13-5-8-18-10-13/h11-13,15H,3-10H2,1-2H3. The number of piperidine rings is 1. The Morgan fingerprint density at radius 3 is 2.61 bits per heavy atom. The van der Waals surface area contributed by atoms with Gasteiger partial charge in [0.2, 0.25) is 5.91 Å². The molecule has 104 valence electrons. The summed E-state index contributed by atoms with van der Waals surface area (Å²) in [4.78, 5) is 14.7. The zero-order chi connectivity index (χ0) is 13.0. The summed E-state index contributed by atoms with van der Waals surface area (Å²) >= 11 is 1.93. The molecule has 1 amide bonds. The van der Waals surface area contributed by atoms with Crippen molar-refractivity contribution in [1.82, 2.24) is 10.2 Å². The van der Waals surface area contributed by atoms with Crippen LogP contribution in [0.15, 0.2) is 0 Å². The number of rotatable bonds is 4. The molecule has 18 heavy (non-hydrogen) atoms. The molecule has 0 spiro atoms. The van der Waals surface area contributed by atoms with Crippen LogP contribution in [0.4, 0.5) is 0 Å². The molecule has 1 N–H and O–H groups in total. The van der Waals surface area contributed by atoms with Crippen LogP contribution in [0.5, 0.6) is 0 Å². The SMILES string of the molecule is CC(C)N(CC1CCNCC1)C(=O)C1CCSC1. The number of nitrogens with zero attached hydrogens (tertiary/aromatic N) is 1. The first-order valence-electron chi connectivity index (χ1n) is 7.27. The molecule has 0 aromatic heterocycles. The first-order valence-corrected chi connectivity index (χ1v) is 8.43. The molecule has 1 atom stereocenters. The van der Waals surface area contributed by atoms with Gasteiger partial charge in [0.1, 0.15) is 0 Å². The molecule has 2 fully saturated rings. The van der Waals surface area contributed by atoms with Gasteiger partial charge >= 0.3 is 0 Å². The molecule has 0 saturated carbocycles. The summed E-state index contributed by atoms with van der Waals surface area (Å²) in [5.41, 5.74) is 0. The van der Waals surface area contributed by atoms with E-state index >= 15 is 0 Å². The van der Waals surface area contributed by atoms with Gasteiger partial charge in [-0.1, -0.05) is 0 Å². The molecule has 2 saturated heterocycles. The minimum atomic E-state index is 0.291. The third kappa shape index (κ3) is 3.64. The lowest BCUT2D eigenvalue weighted by molar-refractivity contribution is -0.137. The van der Waals surface area contributed by atoms with Crippen molar-refractivity contribution in [2.45, 2.75) is 39.2 Å². The topological polar surface area (TPSA) is 32.3 Å². The van der Waals surface area contributed by atoms with Gasteiger partial charge in [0.15, 0.2) is 0 Å². The maximum absolute atomic E-state index is 12.6. The van der Waals surface area contributed by atoms with Crippen molar-refractivity contribution in [1.29, 1.82) is 0 Å². The molecular formula is C14H26N2OS. The monoisotopic (exact) mass is 270 g/mol. The van der Waals surface area contributed by atoms with E-state index in [1.54, 1.807) is 0 Å². The summed E-state index contributed by atoms with van der Waals surface area (Å²) in [5.74, 6) is 3.60. The highest BCUT2D eigenvalue weighted by molar-refractivity contribution is 7.99. The lowest BCUT2D eigenvalue weighted by Gasteiger charge is -2.34. The molecule has 0 aliphatic carbocycles. The summed E-state index contributed by atoms with van der Waals surface area (Å²) in [6.45, 7) is 7.51. The highest BCUT2D eigenvalue weighted by atomic mass is 32.2. The first-order chi connectivity index (χ1) is 8.68. The van der Waals surface area contributed by atoms with E-state index in [1.165, 1.54) is 12.8 Å². The number of thioether (sulfide) groups is 1. The molecule has 2 aliphatic rings. The minimum absolute atomic E-state index is 0.291. The Morgan fingerprint density at radius 2 is 2.06 bits per heavy atom. The van der Waals surface area contributed by atoms with Crippen LogP contribution in [0.2, 0.25) is 0 Å². The van der Waals surface area contributed by atoms with Crippen molar-refractivity contribution in [3.63, 3.8) is 0 Å². The number of hydrogen-bond acceptors (Lipinski definition) is 3. The van der Waals surface area contributed by atoms with E-state index in [0.717, 1.165) is 37.6 Å². The third-order valence-corrected chi connectivity index (χ3v) is 5.26. The Hall–Kier alpha value is -0.220. The maximum atomic E-state index is 12.6. The van der Waals surface area contributed by atoms with Crippen molar-refractivity contribution < 1.29 is 4.79 Å². The van der Waals surface area contributed by atoms with E-state index in [4.69, 9.17) is 0 Å². The Labute approximate surface area is 115 Å². The minimum Gasteiger partial charge on any atom is -0.340 e. The van der Waals surface area contributed by atoms with Crippen LogP contribution in [0.25, 0.3) is 0 Å². The molecule has 0 bridgehead atoms. The van der Waals surface area contributed by atoms with Crippen molar-refractivity contribution in [3.8, 4) is 0 Å². The summed E-state index contributed by atoms with van der Waals surface area (Å²) < 4.78 is 0. The van der Waals surface area contributed by atoms with Gasteiger partial charge in [-0.2, -0.15) is 11.8 Å². The molecule has 1 unspecified atom stereocenters. The molecular weight excluding hydrogens is 244 g/mol. The zero-order valence-electron chi connectivity index (χ0n) is 11.7. The summed E-state index contributed by atoms with van der Waals surface area (Å²) in [7, 11) is 0. The van der Waals surface area contributed by atoms with Gasteiger partial charge in [0, 0.05) is 24.3 Å². The quantitative estimate of drug-likeness (QED) is 0.848. The number of nitrogens with one attached hydrogen (secondary N) is 1. The van der Waals surface area contributed by atoms with E-state index in [1.807, 2.05) is 11.8 Å². The fourth-order valence-corrected chi connectivity index (χ4v) is 4.07. The Kier molecular flexibility index (Phi) is 5.37. The lowest BCUT2D eigenvalue weighted by Crippen LogP contribution is -2.45. The normalized spacial score (nSPS) is 25.6. The molecule has 2 rings (SSSR count). The van der Waals surface area contributed by atoms with Crippen molar-refractivity contribution in [3.05, 3.63) is 0 Å². The second-order valence-electron chi connectivity index (χ2n) is 5.84. The van der Waals surface area contributed by atoms with Gasteiger partial charge in [0.25, 0.3) is 0 Å². The van der Waals surface area contributed by atoms with Gasteiger partial charge in [-0.15, -0.1) is 0 Å². The van der Waals surface area contributed by atoms with Crippen molar-refractivity contribution in [2.24, 2.45) is 11.8 Å². The fraction of sp³-hybridized carbons (Fsp3) is 0.929. The first kappa shape index (κ1) is 14.2. The number of carbonyl (C=O) groups excluding carboxylic acids is 1. The van der Waals surface area contributed by atoms with Crippen LogP contribution >= 0.6 is 11.8 Å². The van der Waals surface area contributed by atoms with Crippen LogP contribution in [0, 0.1) is 11.8 Å². The molecule has 0 aromatic carbocycles. The van der Waals surface area contributed by atoms with E-state index in [0.29, 0.717) is 23.8 Å². The summed E-state index contributed by atoms with van der Waals surface area (Å²) in [5, 5.41) is 3.39. The molecule has 2 aliphatic heterocycles. The fourth-order valence-electron chi connectivity index (χ4n) is 2.86. The lowest BCUT2D eigenvalue weighted by atomic mass is 9.96. The third-order valence-electron chi connectivity index (χ3n) is 4.10. The summed E-state index contributed by atoms with van der Waals surface area (Å²) in [6.07, 6.45) is 3.52. The second-order valence-corrected chi connectivity index (χ2v) is 6.99.